The van der Waals surface area contributed by atoms with Crippen molar-refractivity contribution in [2.75, 3.05) is 26.8 Å². The summed E-state index contributed by atoms with van der Waals surface area (Å²) in [4.78, 5) is 24.2. The lowest BCUT2D eigenvalue weighted by atomic mass is 10.1. The van der Waals surface area contributed by atoms with Gasteiger partial charge in [0.15, 0.2) is 0 Å². The first-order valence-electron chi connectivity index (χ1n) is 6.74. The van der Waals surface area contributed by atoms with Crippen LogP contribution >= 0.6 is 0 Å². The molecule has 1 rings (SSSR count). The van der Waals surface area contributed by atoms with Crippen LogP contribution < -0.4 is 5.32 Å². The monoisotopic (exact) mass is 272 g/mol. The number of nitrogens with zero attached hydrogens (tertiary/aromatic N) is 1. The maximum absolute atomic E-state index is 11.8. The summed E-state index contributed by atoms with van der Waals surface area (Å²) in [6.07, 6.45) is 2.48. The highest BCUT2D eigenvalue weighted by Crippen LogP contribution is 2.28. The van der Waals surface area contributed by atoms with Crippen molar-refractivity contribution >= 4 is 12.0 Å². The van der Waals surface area contributed by atoms with Gasteiger partial charge in [-0.05, 0) is 24.7 Å². The molecular weight excluding hydrogens is 248 g/mol. The summed E-state index contributed by atoms with van der Waals surface area (Å²) in [6.45, 7) is 5.23. The van der Waals surface area contributed by atoms with Crippen molar-refractivity contribution in [3.63, 3.8) is 0 Å². The minimum absolute atomic E-state index is 0.152. The van der Waals surface area contributed by atoms with Crippen molar-refractivity contribution in [3.05, 3.63) is 0 Å². The van der Waals surface area contributed by atoms with Gasteiger partial charge in [0.25, 0.3) is 0 Å². The van der Waals surface area contributed by atoms with Crippen LogP contribution in [0.5, 0.6) is 0 Å². The van der Waals surface area contributed by atoms with E-state index in [4.69, 9.17) is 9.84 Å². The zero-order chi connectivity index (χ0) is 14.4. The molecule has 19 heavy (non-hydrogen) atoms. The normalized spacial score (nSPS) is 16.2. The number of carboxylic acids is 1. The molecule has 0 heterocycles. The second-order valence-corrected chi connectivity index (χ2v) is 5.45. The maximum Gasteiger partial charge on any atom is 0.326 e. The molecule has 0 spiro atoms. The van der Waals surface area contributed by atoms with Gasteiger partial charge in [-0.25, -0.2) is 9.59 Å². The molecule has 1 fully saturated rings. The van der Waals surface area contributed by atoms with Crippen molar-refractivity contribution in [2.45, 2.75) is 32.7 Å². The number of urea groups is 1. The third-order valence-electron chi connectivity index (χ3n) is 3.18. The molecular formula is C13H24N2O4. The molecule has 1 atom stereocenters. The lowest BCUT2D eigenvalue weighted by molar-refractivity contribution is -0.140. The number of hydrogen-bond donors (Lipinski definition) is 2. The SMILES string of the molecule is CC(C)[C@@H](NC(=O)N(C)CCOCC1CC1)C(=O)O. The Balaban J connectivity index is 2.23. The topological polar surface area (TPSA) is 78.9 Å². The Labute approximate surface area is 114 Å². The Morgan fingerprint density at radius 1 is 1.42 bits per heavy atom. The highest BCUT2D eigenvalue weighted by Gasteiger charge is 2.25. The molecule has 0 aromatic heterocycles. The summed E-state index contributed by atoms with van der Waals surface area (Å²) in [5, 5.41) is 11.5. The van der Waals surface area contributed by atoms with Gasteiger partial charge in [-0.15, -0.1) is 0 Å². The lowest BCUT2D eigenvalue weighted by Crippen LogP contribution is -2.49. The van der Waals surface area contributed by atoms with Crippen molar-refractivity contribution in [1.29, 1.82) is 0 Å². The van der Waals surface area contributed by atoms with E-state index in [9.17, 15) is 9.59 Å². The van der Waals surface area contributed by atoms with Crippen molar-refractivity contribution in [3.8, 4) is 0 Å². The van der Waals surface area contributed by atoms with E-state index in [1.807, 2.05) is 0 Å². The number of amides is 2. The average Bonchev–Trinajstić information content (AvgIpc) is 3.14. The van der Waals surface area contributed by atoms with Gasteiger partial charge >= 0.3 is 12.0 Å². The summed E-state index contributed by atoms with van der Waals surface area (Å²) in [6, 6.07) is -1.24. The van der Waals surface area contributed by atoms with E-state index in [0.29, 0.717) is 19.1 Å². The molecule has 6 heteroatoms. The van der Waals surface area contributed by atoms with Crippen molar-refractivity contribution in [1.82, 2.24) is 10.2 Å². The van der Waals surface area contributed by atoms with Gasteiger partial charge in [0.05, 0.1) is 6.61 Å². The average molecular weight is 272 g/mol. The highest BCUT2D eigenvalue weighted by molar-refractivity contribution is 5.82. The van der Waals surface area contributed by atoms with Crippen LogP contribution in [0.2, 0.25) is 0 Å². The van der Waals surface area contributed by atoms with E-state index in [2.05, 4.69) is 5.32 Å². The fraction of sp³-hybridized carbons (Fsp3) is 0.846. The highest BCUT2D eigenvalue weighted by atomic mass is 16.5. The number of nitrogens with one attached hydrogen (secondary N) is 1. The van der Waals surface area contributed by atoms with E-state index >= 15 is 0 Å². The number of ether oxygens (including phenoxy) is 1. The van der Waals surface area contributed by atoms with Gasteiger partial charge < -0.3 is 20.1 Å². The summed E-state index contributed by atoms with van der Waals surface area (Å²) in [5.41, 5.74) is 0. The van der Waals surface area contributed by atoms with E-state index in [-0.39, 0.29) is 11.9 Å². The second kappa shape index (κ2) is 7.33. The minimum atomic E-state index is -1.01. The maximum atomic E-state index is 11.8. The first kappa shape index (κ1) is 15.8. The van der Waals surface area contributed by atoms with Crippen LogP contribution in [-0.2, 0) is 9.53 Å². The van der Waals surface area contributed by atoms with E-state index < -0.39 is 12.0 Å². The third-order valence-corrected chi connectivity index (χ3v) is 3.18. The Hall–Kier alpha value is -1.30. The zero-order valence-corrected chi connectivity index (χ0v) is 11.9. The molecule has 0 bridgehead atoms. The van der Waals surface area contributed by atoms with Gasteiger partial charge in [-0.2, -0.15) is 0 Å². The molecule has 0 unspecified atom stereocenters. The molecule has 0 aliphatic heterocycles. The van der Waals surface area contributed by atoms with Gasteiger partial charge in [0.2, 0.25) is 0 Å². The van der Waals surface area contributed by atoms with Gasteiger partial charge in [-0.1, -0.05) is 13.8 Å². The van der Waals surface area contributed by atoms with Crippen LogP contribution in [0.3, 0.4) is 0 Å². The van der Waals surface area contributed by atoms with E-state index in [0.717, 1.165) is 6.61 Å². The van der Waals surface area contributed by atoms with Crippen LogP contribution in [0.25, 0.3) is 0 Å². The predicted octanol–water partition coefficient (Wildman–Crippen LogP) is 1.16. The number of carboxylic acid groups (broad SMARTS) is 1. The number of aliphatic carboxylic acids is 1. The van der Waals surface area contributed by atoms with Crippen molar-refractivity contribution < 1.29 is 19.4 Å². The first-order chi connectivity index (χ1) is 8.91. The van der Waals surface area contributed by atoms with E-state index in [1.165, 1.54) is 17.7 Å². The summed E-state index contributed by atoms with van der Waals surface area (Å²) in [7, 11) is 1.63. The van der Waals surface area contributed by atoms with Crippen LogP contribution in [0, 0.1) is 11.8 Å². The second-order valence-electron chi connectivity index (χ2n) is 5.45. The molecule has 2 amide bonds. The standard InChI is InChI=1S/C13H24N2O4/c1-9(2)11(12(16)17)14-13(18)15(3)6-7-19-8-10-4-5-10/h9-11H,4-8H2,1-3H3,(H,14,18)(H,16,17)/t11-/m1/s1. The Kier molecular flexibility index (Phi) is 6.08. The molecule has 1 aliphatic rings. The molecule has 0 aromatic rings. The molecule has 0 radical (unpaired) electrons. The molecule has 110 valence electrons. The van der Waals surface area contributed by atoms with Crippen LogP contribution in [0.4, 0.5) is 4.79 Å². The number of likely N-dealkylation sites (N-methyl/N-ethyl adjacent to an activating group) is 1. The van der Waals surface area contributed by atoms with Crippen LogP contribution in [0.1, 0.15) is 26.7 Å². The fourth-order valence-electron chi connectivity index (χ4n) is 1.59. The number of rotatable bonds is 8. The molecule has 2 N–H and O–H groups in total. The molecule has 6 nitrogen and oxygen atoms in total. The minimum Gasteiger partial charge on any atom is -0.480 e. The Bertz CT molecular complexity index is 316. The predicted molar refractivity (Wildman–Crippen MR) is 71.0 cm³/mol. The van der Waals surface area contributed by atoms with Crippen LogP contribution in [-0.4, -0.2) is 54.9 Å². The van der Waals surface area contributed by atoms with Crippen LogP contribution in [0.15, 0.2) is 0 Å². The van der Waals surface area contributed by atoms with E-state index in [1.54, 1.807) is 20.9 Å². The number of hydrogen-bond acceptors (Lipinski definition) is 3. The quantitative estimate of drug-likeness (QED) is 0.650. The third kappa shape index (κ3) is 5.92. The Morgan fingerprint density at radius 2 is 2.05 bits per heavy atom. The molecule has 1 aliphatic carbocycles. The van der Waals surface area contributed by atoms with Gasteiger partial charge in [0, 0.05) is 20.2 Å². The molecule has 1 saturated carbocycles. The van der Waals surface area contributed by atoms with Gasteiger partial charge in [0.1, 0.15) is 6.04 Å². The summed E-state index contributed by atoms with van der Waals surface area (Å²) in [5.74, 6) is -0.459. The molecule has 0 saturated heterocycles. The fourth-order valence-corrected chi connectivity index (χ4v) is 1.59. The largest absolute Gasteiger partial charge is 0.480 e. The summed E-state index contributed by atoms with van der Waals surface area (Å²) < 4.78 is 5.44. The zero-order valence-electron chi connectivity index (χ0n) is 11.9. The first-order valence-corrected chi connectivity index (χ1v) is 6.74. The smallest absolute Gasteiger partial charge is 0.326 e. The van der Waals surface area contributed by atoms with Gasteiger partial charge in [-0.3, -0.25) is 0 Å². The summed E-state index contributed by atoms with van der Waals surface area (Å²) >= 11 is 0. The van der Waals surface area contributed by atoms with Crippen molar-refractivity contribution in [2.24, 2.45) is 11.8 Å². The number of carbonyl (C=O) groups excluding carboxylic acids is 1. The lowest BCUT2D eigenvalue weighted by Gasteiger charge is -2.23. The molecule has 0 aromatic carbocycles. The Morgan fingerprint density at radius 3 is 2.53 bits per heavy atom. The number of carbonyl (C=O) groups is 2.